The van der Waals surface area contributed by atoms with Gasteiger partial charge in [0.05, 0.1) is 0 Å². The molecule has 30 heavy (non-hydrogen) atoms. The van der Waals surface area contributed by atoms with E-state index in [1.54, 1.807) is 13.8 Å². The molecule has 0 saturated heterocycles. The second kappa shape index (κ2) is 13.2. The van der Waals surface area contributed by atoms with Gasteiger partial charge in [-0.2, -0.15) is 0 Å². The number of rotatable bonds is 4. The molecule has 0 spiro atoms. The molecule has 0 amide bonds. The summed E-state index contributed by atoms with van der Waals surface area (Å²) < 4.78 is 13.4. The zero-order valence-corrected chi connectivity index (χ0v) is 20.9. The van der Waals surface area contributed by atoms with E-state index in [0.717, 1.165) is 23.4 Å². The number of alkyl halides is 1. The molecular weight excluding hydrogens is 369 g/mol. The molecule has 2 rings (SSSR count). The SMILES string of the molecule is C=C(C)N=C(C)c1cc(C)c(C)cc1C.CCC.CCc1cccc(C(C)(C)F)c1. The van der Waals surface area contributed by atoms with Crippen molar-refractivity contribution in [1.29, 1.82) is 0 Å². The Labute approximate surface area is 185 Å². The van der Waals surface area contributed by atoms with E-state index in [1.807, 2.05) is 38.1 Å². The lowest BCUT2D eigenvalue weighted by atomic mass is 9.97. The highest BCUT2D eigenvalue weighted by Crippen LogP contribution is 2.25. The van der Waals surface area contributed by atoms with Gasteiger partial charge in [0.15, 0.2) is 0 Å². The van der Waals surface area contributed by atoms with Gasteiger partial charge in [-0.1, -0.05) is 64.1 Å². The van der Waals surface area contributed by atoms with Crippen LogP contribution in [0.1, 0.15) is 88.3 Å². The fourth-order valence-electron chi connectivity index (χ4n) is 2.86. The first kappa shape index (κ1) is 27.8. The van der Waals surface area contributed by atoms with Crippen LogP contribution in [-0.2, 0) is 12.1 Å². The molecule has 0 radical (unpaired) electrons. The van der Waals surface area contributed by atoms with Crippen LogP contribution >= 0.6 is 0 Å². The predicted molar refractivity (Wildman–Crippen MR) is 134 cm³/mol. The minimum atomic E-state index is -1.22. The van der Waals surface area contributed by atoms with E-state index in [-0.39, 0.29) is 0 Å². The largest absolute Gasteiger partial charge is 0.258 e. The third-order valence-corrected chi connectivity index (χ3v) is 4.61. The fraction of sp³-hybridized carbons (Fsp3) is 0.464. The molecule has 0 heterocycles. The van der Waals surface area contributed by atoms with Crippen LogP contribution < -0.4 is 0 Å². The van der Waals surface area contributed by atoms with Gasteiger partial charge < -0.3 is 0 Å². The number of nitrogens with zero attached hydrogens (tertiary/aromatic N) is 1. The maximum Gasteiger partial charge on any atom is 0.130 e. The monoisotopic (exact) mass is 411 g/mol. The number of hydrogen-bond donors (Lipinski definition) is 0. The van der Waals surface area contributed by atoms with Crippen molar-refractivity contribution in [3.8, 4) is 0 Å². The summed E-state index contributed by atoms with van der Waals surface area (Å²) in [5, 5.41) is 0. The Balaban J connectivity index is 0.000000505. The van der Waals surface area contributed by atoms with Gasteiger partial charge in [0.2, 0.25) is 0 Å². The lowest BCUT2D eigenvalue weighted by Crippen LogP contribution is -2.08. The Bertz CT molecular complexity index is 838. The van der Waals surface area contributed by atoms with Crippen LogP contribution in [0.3, 0.4) is 0 Å². The van der Waals surface area contributed by atoms with Crippen LogP contribution in [0.4, 0.5) is 4.39 Å². The molecule has 0 aromatic heterocycles. The number of aryl methyl sites for hydroxylation is 4. The van der Waals surface area contributed by atoms with E-state index < -0.39 is 5.67 Å². The van der Waals surface area contributed by atoms with E-state index in [9.17, 15) is 4.39 Å². The fourth-order valence-corrected chi connectivity index (χ4v) is 2.86. The van der Waals surface area contributed by atoms with Crippen molar-refractivity contribution >= 4 is 5.71 Å². The topological polar surface area (TPSA) is 12.4 Å². The van der Waals surface area contributed by atoms with E-state index in [1.165, 1.54) is 34.2 Å². The Kier molecular flexibility index (Phi) is 12.2. The van der Waals surface area contributed by atoms with Crippen LogP contribution in [0.15, 0.2) is 53.7 Å². The van der Waals surface area contributed by atoms with E-state index in [4.69, 9.17) is 0 Å². The summed E-state index contributed by atoms with van der Waals surface area (Å²) in [4.78, 5) is 4.40. The number of aliphatic imine (C=N–C) groups is 1. The van der Waals surface area contributed by atoms with Crippen molar-refractivity contribution in [3.05, 3.63) is 82.1 Å². The van der Waals surface area contributed by atoms with Crippen molar-refractivity contribution in [2.24, 2.45) is 4.99 Å². The number of halogens is 1. The van der Waals surface area contributed by atoms with Crippen LogP contribution in [-0.4, -0.2) is 5.71 Å². The summed E-state index contributed by atoms with van der Waals surface area (Å²) in [6.45, 7) is 23.6. The molecule has 0 bridgehead atoms. The first-order valence-corrected chi connectivity index (χ1v) is 10.9. The summed E-state index contributed by atoms with van der Waals surface area (Å²) in [7, 11) is 0. The molecule has 0 aliphatic carbocycles. The van der Waals surface area contributed by atoms with Gasteiger partial charge in [0.1, 0.15) is 5.67 Å². The highest BCUT2D eigenvalue weighted by atomic mass is 19.1. The van der Waals surface area contributed by atoms with Crippen LogP contribution in [0.25, 0.3) is 0 Å². The summed E-state index contributed by atoms with van der Waals surface area (Å²) in [5.41, 5.74) is 7.78. The lowest BCUT2D eigenvalue weighted by Gasteiger charge is -2.15. The molecule has 0 fully saturated rings. The average Bonchev–Trinajstić information content (AvgIpc) is 2.64. The minimum Gasteiger partial charge on any atom is -0.258 e. The molecule has 0 atom stereocenters. The standard InChI is InChI=1S/C14H19N.C11H15F.C3H8/c1-9(2)15-13(6)14-8-11(4)10(3)7-12(14)5;1-4-9-6-5-7-10(8-9)11(2,3)12;1-3-2/h7-8H,1H2,2-6H3;5-8H,4H2,1-3H3;3H2,1-2H3. The summed E-state index contributed by atoms with van der Waals surface area (Å²) in [6, 6.07) is 12.1. The van der Waals surface area contributed by atoms with Gasteiger partial charge in [-0.05, 0) is 94.3 Å². The Morgan fingerprint density at radius 3 is 1.93 bits per heavy atom. The number of benzene rings is 2. The van der Waals surface area contributed by atoms with Crippen molar-refractivity contribution < 1.29 is 4.39 Å². The molecular formula is C28H42FN. The van der Waals surface area contributed by atoms with Gasteiger partial charge in [0, 0.05) is 11.4 Å². The van der Waals surface area contributed by atoms with Gasteiger partial charge in [-0.3, -0.25) is 4.99 Å². The maximum atomic E-state index is 13.4. The number of allylic oxidation sites excluding steroid dienone is 1. The smallest absolute Gasteiger partial charge is 0.130 e. The molecule has 0 N–H and O–H groups in total. The Morgan fingerprint density at radius 1 is 0.933 bits per heavy atom. The Morgan fingerprint density at radius 2 is 1.47 bits per heavy atom. The third kappa shape index (κ3) is 10.0. The highest BCUT2D eigenvalue weighted by Gasteiger charge is 2.18. The van der Waals surface area contributed by atoms with E-state index in [2.05, 4.69) is 65.2 Å². The quantitative estimate of drug-likeness (QED) is 0.446. The van der Waals surface area contributed by atoms with Gasteiger partial charge >= 0.3 is 0 Å². The molecule has 2 aromatic carbocycles. The minimum absolute atomic E-state index is 0.766. The summed E-state index contributed by atoms with van der Waals surface area (Å²) in [6.07, 6.45) is 2.21. The maximum absolute atomic E-state index is 13.4. The van der Waals surface area contributed by atoms with E-state index in [0.29, 0.717) is 0 Å². The molecule has 0 aliphatic heterocycles. The van der Waals surface area contributed by atoms with Crippen molar-refractivity contribution in [1.82, 2.24) is 0 Å². The molecule has 2 heteroatoms. The van der Waals surface area contributed by atoms with Gasteiger partial charge in [-0.15, -0.1) is 0 Å². The lowest BCUT2D eigenvalue weighted by molar-refractivity contribution is 0.221. The van der Waals surface area contributed by atoms with Crippen molar-refractivity contribution in [3.63, 3.8) is 0 Å². The molecule has 1 nitrogen and oxygen atoms in total. The van der Waals surface area contributed by atoms with Gasteiger partial charge in [-0.25, -0.2) is 4.39 Å². The second-order valence-corrected chi connectivity index (χ2v) is 8.42. The highest BCUT2D eigenvalue weighted by molar-refractivity contribution is 6.00. The van der Waals surface area contributed by atoms with Gasteiger partial charge in [0.25, 0.3) is 0 Å². The Hall–Kier alpha value is -2.22. The van der Waals surface area contributed by atoms with Crippen molar-refractivity contribution in [2.45, 2.75) is 87.7 Å². The molecule has 0 aliphatic rings. The predicted octanol–water partition coefficient (Wildman–Crippen LogP) is 8.82. The third-order valence-electron chi connectivity index (χ3n) is 4.61. The van der Waals surface area contributed by atoms with Crippen molar-refractivity contribution in [2.75, 3.05) is 0 Å². The molecule has 166 valence electrons. The zero-order valence-electron chi connectivity index (χ0n) is 20.9. The number of hydrogen-bond acceptors (Lipinski definition) is 1. The first-order valence-electron chi connectivity index (χ1n) is 10.9. The second-order valence-electron chi connectivity index (χ2n) is 8.42. The van der Waals surface area contributed by atoms with E-state index >= 15 is 0 Å². The molecule has 0 saturated carbocycles. The zero-order chi connectivity index (χ0) is 23.5. The summed E-state index contributed by atoms with van der Waals surface area (Å²) in [5.74, 6) is 0. The molecule has 2 aromatic rings. The van der Waals surface area contributed by atoms with Crippen LogP contribution in [0.5, 0.6) is 0 Å². The average molecular weight is 412 g/mol. The molecule has 0 unspecified atom stereocenters. The normalized spacial score (nSPS) is 11.1. The van der Waals surface area contributed by atoms with Crippen LogP contribution in [0.2, 0.25) is 0 Å². The summed E-state index contributed by atoms with van der Waals surface area (Å²) >= 11 is 0. The first-order chi connectivity index (χ1) is 13.9. The van der Waals surface area contributed by atoms with Crippen LogP contribution in [0, 0.1) is 20.8 Å².